The second kappa shape index (κ2) is 5.49. The Morgan fingerprint density at radius 3 is 2.59 bits per heavy atom. The van der Waals surface area contributed by atoms with Crippen LogP contribution in [0.1, 0.15) is 48.9 Å². The molecule has 8 heteroatoms. The molecule has 3 rings (SSSR count). The SMILES string of the molecule is O=C(c1cncc(OS(=O)(=O)F)c1)N1CCCCC12CCC2. The van der Waals surface area contributed by atoms with Crippen LogP contribution in [0.5, 0.6) is 5.75 Å². The number of carbonyl (C=O) groups excluding carboxylic acids is 1. The fraction of sp³-hybridized carbons (Fsp3) is 0.571. The quantitative estimate of drug-likeness (QED) is 0.795. The van der Waals surface area contributed by atoms with Crippen LogP contribution in [0.15, 0.2) is 18.5 Å². The molecule has 0 unspecified atom stereocenters. The van der Waals surface area contributed by atoms with E-state index in [2.05, 4.69) is 9.17 Å². The summed E-state index contributed by atoms with van der Waals surface area (Å²) in [6.07, 6.45) is 8.60. The fourth-order valence-corrected chi connectivity index (χ4v) is 3.69. The number of aromatic nitrogens is 1. The van der Waals surface area contributed by atoms with Crippen molar-refractivity contribution in [1.29, 1.82) is 0 Å². The molecule has 1 aliphatic heterocycles. The highest BCUT2D eigenvalue weighted by molar-refractivity contribution is 7.81. The van der Waals surface area contributed by atoms with Gasteiger partial charge in [-0.2, -0.15) is 8.42 Å². The third kappa shape index (κ3) is 2.92. The van der Waals surface area contributed by atoms with Gasteiger partial charge in [0.15, 0.2) is 5.75 Å². The minimum absolute atomic E-state index is 0.0572. The Hall–Kier alpha value is -1.70. The third-order valence-corrected chi connectivity index (χ3v) is 4.92. The minimum atomic E-state index is -5.13. The lowest BCUT2D eigenvalue weighted by atomic mass is 9.70. The second-order valence-electron chi connectivity index (χ2n) is 5.88. The number of rotatable bonds is 3. The predicted octanol–water partition coefficient (Wildman–Crippen LogP) is 2.22. The highest BCUT2D eigenvalue weighted by Gasteiger charge is 2.46. The zero-order valence-corrected chi connectivity index (χ0v) is 12.8. The van der Waals surface area contributed by atoms with E-state index in [1.165, 1.54) is 12.3 Å². The number of pyridine rings is 1. The molecule has 0 bridgehead atoms. The number of hydrogen-bond acceptors (Lipinski definition) is 5. The van der Waals surface area contributed by atoms with Crippen molar-refractivity contribution in [1.82, 2.24) is 9.88 Å². The smallest absolute Gasteiger partial charge is 0.357 e. The minimum Gasteiger partial charge on any atom is -0.357 e. The summed E-state index contributed by atoms with van der Waals surface area (Å²) in [6, 6.07) is 1.22. The molecule has 2 heterocycles. The number of piperidine rings is 1. The van der Waals surface area contributed by atoms with Gasteiger partial charge in [0.05, 0.1) is 11.8 Å². The summed E-state index contributed by atoms with van der Waals surface area (Å²) in [5.74, 6) is -0.498. The van der Waals surface area contributed by atoms with Gasteiger partial charge in [0.1, 0.15) is 0 Å². The van der Waals surface area contributed by atoms with Gasteiger partial charge in [0.2, 0.25) is 0 Å². The summed E-state index contributed by atoms with van der Waals surface area (Å²) in [4.78, 5) is 18.4. The van der Waals surface area contributed by atoms with E-state index in [-0.39, 0.29) is 22.8 Å². The van der Waals surface area contributed by atoms with Gasteiger partial charge in [-0.25, -0.2) is 0 Å². The molecule has 0 atom stereocenters. The maximum Gasteiger partial charge on any atom is 0.488 e. The molecule has 0 aromatic carbocycles. The molecule has 0 N–H and O–H groups in total. The van der Waals surface area contributed by atoms with Gasteiger partial charge in [0, 0.05) is 18.3 Å². The van der Waals surface area contributed by atoms with Crippen LogP contribution in [0, 0.1) is 0 Å². The van der Waals surface area contributed by atoms with Crippen LogP contribution in [0.4, 0.5) is 3.89 Å². The van der Waals surface area contributed by atoms with Crippen LogP contribution in [-0.4, -0.2) is 36.3 Å². The Bertz CT molecular complexity index is 688. The van der Waals surface area contributed by atoms with Gasteiger partial charge in [-0.3, -0.25) is 9.78 Å². The van der Waals surface area contributed by atoms with E-state index in [0.717, 1.165) is 44.7 Å². The Kier molecular flexibility index (Phi) is 3.80. The summed E-state index contributed by atoms with van der Waals surface area (Å²) < 4.78 is 37.8. The van der Waals surface area contributed by atoms with E-state index in [1.807, 2.05) is 4.90 Å². The van der Waals surface area contributed by atoms with Crippen LogP contribution in [0.2, 0.25) is 0 Å². The first-order valence-electron chi connectivity index (χ1n) is 7.31. The standard InChI is InChI=1S/C14H17FN2O4S/c15-22(19,20)21-12-8-11(9-16-10-12)13(18)17-7-2-1-4-14(17)5-3-6-14/h8-10H,1-7H2. The van der Waals surface area contributed by atoms with Crippen molar-refractivity contribution < 1.29 is 21.3 Å². The second-order valence-corrected chi connectivity index (χ2v) is 6.83. The summed E-state index contributed by atoms with van der Waals surface area (Å²) in [6.45, 7) is 0.686. The number of nitrogens with zero attached hydrogens (tertiary/aromatic N) is 2. The largest absolute Gasteiger partial charge is 0.488 e. The molecule has 1 aliphatic carbocycles. The number of likely N-dealkylation sites (tertiary alicyclic amines) is 1. The molecule has 0 radical (unpaired) electrons. The van der Waals surface area contributed by atoms with Crippen molar-refractivity contribution >= 4 is 16.4 Å². The van der Waals surface area contributed by atoms with E-state index in [0.29, 0.717) is 6.54 Å². The average Bonchev–Trinajstić information content (AvgIpc) is 2.43. The normalized spacial score (nSPS) is 20.5. The molecule has 1 amide bonds. The molecule has 6 nitrogen and oxygen atoms in total. The van der Waals surface area contributed by atoms with E-state index >= 15 is 0 Å². The van der Waals surface area contributed by atoms with Crippen molar-refractivity contribution in [3.63, 3.8) is 0 Å². The fourth-order valence-electron chi connectivity index (χ4n) is 3.37. The highest BCUT2D eigenvalue weighted by atomic mass is 32.3. The van der Waals surface area contributed by atoms with Crippen molar-refractivity contribution in [2.24, 2.45) is 0 Å². The van der Waals surface area contributed by atoms with Crippen molar-refractivity contribution in [3.8, 4) is 5.75 Å². The van der Waals surface area contributed by atoms with Crippen LogP contribution in [0.3, 0.4) is 0 Å². The summed E-state index contributed by atoms with van der Waals surface area (Å²) >= 11 is 0. The number of carbonyl (C=O) groups is 1. The van der Waals surface area contributed by atoms with Gasteiger partial charge in [0.25, 0.3) is 5.91 Å². The molecule has 1 aromatic heterocycles. The van der Waals surface area contributed by atoms with Crippen molar-refractivity contribution in [3.05, 3.63) is 24.0 Å². The van der Waals surface area contributed by atoms with Crippen LogP contribution in [-0.2, 0) is 10.5 Å². The van der Waals surface area contributed by atoms with Gasteiger partial charge in [-0.15, -0.1) is 0 Å². The molecule has 2 fully saturated rings. The summed E-state index contributed by atoms with van der Waals surface area (Å²) in [5, 5.41) is 0. The zero-order valence-electron chi connectivity index (χ0n) is 12.0. The van der Waals surface area contributed by atoms with Crippen LogP contribution < -0.4 is 4.18 Å². The van der Waals surface area contributed by atoms with E-state index in [1.54, 1.807) is 0 Å². The first kappa shape index (κ1) is 15.2. The molecule has 1 saturated carbocycles. The highest BCUT2D eigenvalue weighted by Crippen LogP contribution is 2.44. The topological polar surface area (TPSA) is 76.6 Å². The van der Waals surface area contributed by atoms with Crippen LogP contribution in [0.25, 0.3) is 0 Å². The van der Waals surface area contributed by atoms with Crippen molar-refractivity contribution in [2.75, 3.05) is 6.54 Å². The molecule has 1 aromatic rings. The van der Waals surface area contributed by atoms with Gasteiger partial charge >= 0.3 is 10.5 Å². The summed E-state index contributed by atoms with van der Waals surface area (Å²) in [7, 11) is -5.13. The number of halogens is 1. The van der Waals surface area contributed by atoms with Gasteiger partial charge in [-0.1, -0.05) is 3.89 Å². The van der Waals surface area contributed by atoms with Crippen LogP contribution >= 0.6 is 0 Å². The van der Waals surface area contributed by atoms with Gasteiger partial charge < -0.3 is 9.08 Å². The lowest BCUT2D eigenvalue weighted by Gasteiger charge is -2.53. The predicted molar refractivity (Wildman–Crippen MR) is 76.4 cm³/mol. The summed E-state index contributed by atoms with van der Waals surface area (Å²) in [5.41, 5.74) is 0.160. The zero-order chi connectivity index (χ0) is 15.8. The third-order valence-electron chi connectivity index (χ3n) is 4.53. The Labute approximate surface area is 128 Å². The lowest BCUT2D eigenvalue weighted by Crippen LogP contribution is -2.58. The Morgan fingerprint density at radius 1 is 1.23 bits per heavy atom. The van der Waals surface area contributed by atoms with E-state index < -0.39 is 10.5 Å². The maximum absolute atomic E-state index is 12.7. The maximum atomic E-state index is 12.7. The average molecular weight is 328 g/mol. The Balaban J connectivity index is 1.84. The molecular weight excluding hydrogens is 311 g/mol. The molecule has 120 valence electrons. The molecule has 2 aliphatic rings. The molecule has 1 spiro atoms. The molecular formula is C14H17FN2O4S. The van der Waals surface area contributed by atoms with Gasteiger partial charge in [-0.05, 0) is 44.6 Å². The first-order valence-corrected chi connectivity index (χ1v) is 8.62. The molecule has 1 saturated heterocycles. The van der Waals surface area contributed by atoms with Crippen molar-refractivity contribution in [2.45, 2.75) is 44.1 Å². The first-order chi connectivity index (χ1) is 10.4. The van der Waals surface area contributed by atoms with E-state index in [4.69, 9.17) is 0 Å². The monoisotopic (exact) mass is 328 g/mol. The number of hydrogen-bond donors (Lipinski definition) is 0. The Morgan fingerprint density at radius 2 is 1.95 bits per heavy atom. The van der Waals surface area contributed by atoms with E-state index in [9.17, 15) is 17.1 Å². The lowest BCUT2D eigenvalue weighted by molar-refractivity contribution is -0.00590. The molecule has 22 heavy (non-hydrogen) atoms. The number of amides is 1.